The highest BCUT2D eigenvalue weighted by atomic mass is 16.1. The molecule has 1 aromatic rings. The van der Waals surface area contributed by atoms with Crippen LogP contribution in [0.5, 0.6) is 0 Å². The van der Waals surface area contributed by atoms with E-state index in [4.69, 9.17) is 0 Å². The van der Waals surface area contributed by atoms with Crippen LogP contribution in [0.25, 0.3) is 0 Å². The van der Waals surface area contributed by atoms with Gasteiger partial charge in [-0.2, -0.15) is 0 Å². The molecule has 0 saturated heterocycles. The molecule has 1 N–H and O–H groups in total. The van der Waals surface area contributed by atoms with E-state index >= 15 is 0 Å². The van der Waals surface area contributed by atoms with Gasteiger partial charge in [0.2, 0.25) is 0 Å². The fourth-order valence-electron chi connectivity index (χ4n) is 2.46. The standard InChI is InChI=1S/C15H28N2O/c1-7-8-9-12-13(15(4,5)6)17(10-11(2)3)16-14(12)18/h11H,7-10H2,1-6H3,(H,16,18). The maximum atomic E-state index is 12.1. The lowest BCUT2D eigenvalue weighted by Crippen LogP contribution is -2.22. The van der Waals surface area contributed by atoms with E-state index in [1.54, 1.807) is 0 Å². The van der Waals surface area contributed by atoms with Gasteiger partial charge in [0.05, 0.1) is 0 Å². The number of hydrogen-bond donors (Lipinski definition) is 1. The third-order valence-electron chi connectivity index (χ3n) is 3.10. The molecule has 0 amide bonds. The second kappa shape index (κ2) is 5.77. The van der Waals surface area contributed by atoms with Gasteiger partial charge in [0.25, 0.3) is 5.56 Å². The summed E-state index contributed by atoms with van der Waals surface area (Å²) >= 11 is 0. The van der Waals surface area contributed by atoms with Gasteiger partial charge in [0.1, 0.15) is 0 Å². The van der Waals surface area contributed by atoms with Crippen molar-refractivity contribution in [2.24, 2.45) is 5.92 Å². The Kier molecular flexibility index (Phi) is 4.83. The topological polar surface area (TPSA) is 37.8 Å². The molecule has 0 aromatic carbocycles. The summed E-state index contributed by atoms with van der Waals surface area (Å²) < 4.78 is 2.07. The fraction of sp³-hybridized carbons (Fsp3) is 0.800. The molecule has 0 atom stereocenters. The third kappa shape index (κ3) is 3.50. The van der Waals surface area contributed by atoms with Crippen LogP contribution in [0, 0.1) is 5.92 Å². The van der Waals surface area contributed by atoms with E-state index in [9.17, 15) is 4.79 Å². The molecule has 0 spiro atoms. The monoisotopic (exact) mass is 252 g/mol. The van der Waals surface area contributed by atoms with Crippen LogP contribution in [0.2, 0.25) is 0 Å². The smallest absolute Gasteiger partial charge is 0.267 e. The van der Waals surface area contributed by atoms with E-state index in [2.05, 4.69) is 51.3 Å². The molecule has 0 aliphatic carbocycles. The highest BCUT2D eigenvalue weighted by Crippen LogP contribution is 2.25. The predicted molar refractivity (Wildman–Crippen MR) is 77.2 cm³/mol. The Morgan fingerprint density at radius 1 is 1.28 bits per heavy atom. The molecule has 0 saturated carbocycles. The molecule has 0 aliphatic heterocycles. The SMILES string of the molecule is CCCCc1c(C(C)(C)C)n(CC(C)C)[nH]c1=O. The van der Waals surface area contributed by atoms with Crippen molar-refractivity contribution in [1.82, 2.24) is 9.78 Å². The number of nitrogens with one attached hydrogen (secondary N) is 1. The van der Waals surface area contributed by atoms with Gasteiger partial charge in [-0.1, -0.05) is 48.0 Å². The first-order chi connectivity index (χ1) is 8.27. The summed E-state index contributed by atoms with van der Waals surface area (Å²) in [4.78, 5) is 12.1. The average molecular weight is 252 g/mol. The number of aromatic nitrogens is 2. The summed E-state index contributed by atoms with van der Waals surface area (Å²) in [6, 6.07) is 0. The highest BCUT2D eigenvalue weighted by molar-refractivity contribution is 5.25. The first kappa shape index (κ1) is 15.1. The van der Waals surface area contributed by atoms with Crippen molar-refractivity contribution in [2.45, 2.75) is 72.8 Å². The van der Waals surface area contributed by atoms with Crippen LogP contribution in [0.4, 0.5) is 0 Å². The number of aromatic amines is 1. The molecule has 0 unspecified atom stereocenters. The van der Waals surface area contributed by atoms with E-state index in [1.165, 1.54) is 5.69 Å². The van der Waals surface area contributed by atoms with E-state index in [0.717, 1.165) is 31.4 Å². The lowest BCUT2D eigenvalue weighted by molar-refractivity contribution is 0.425. The number of rotatable bonds is 5. The third-order valence-corrected chi connectivity index (χ3v) is 3.10. The summed E-state index contributed by atoms with van der Waals surface area (Å²) in [7, 11) is 0. The van der Waals surface area contributed by atoms with Crippen molar-refractivity contribution in [3.05, 3.63) is 21.6 Å². The van der Waals surface area contributed by atoms with Crippen LogP contribution in [0.15, 0.2) is 4.79 Å². The van der Waals surface area contributed by atoms with Crippen LogP contribution in [-0.2, 0) is 18.4 Å². The molecule has 18 heavy (non-hydrogen) atoms. The van der Waals surface area contributed by atoms with Crippen molar-refractivity contribution in [3.8, 4) is 0 Å². The number of H-pyrrole nitrogens is 1. The van der Waals surface area contributed by atoms with Gasteiger partial charge in [0.15, 0.2) is 0 Å². The van der Waals surface area contributed by atoms with Crippen LogP contribution in [0.3, 0.4) is 0 Å². The normalized spacial score (nSPS) is 12.4. The Morgan fingerprint density at radius 2 is 1.89 bits per heavy atom. The molecule has 0 aliphatic rings. The summed E-state index contributed by atoms with van der Waals surface area (Å²) in [5, 5.41) is 3.02. The fourth-order valence-corrected chi connectivity index (χ4v) is 2.46. The maximum Gasteiger partial charge on any atom is 0.267 e. The van der Waals surface area contributed by atoms with E-state index < -0.39 is 0 Å². The van der Waals surface area contributed by atoms with Crippen molar-refractivity contribution < 1.29 is 0 Å². The first-order valence-electron chi connectivity index (χ1n) is 7.09. The minimum atomic E-state index is 0.0110. The van der Waals surface area contributed by atoms with Gasteiger partial charge in [-0.05, 0) is 18.8 Å². The zero-order valence-electron chi connectivity index (χ0n) is 12.8. The molecule has 1 heterocycles. The Bertz CT molecular complexity index is 432. The van der Waals surface area contributed by atoms with Crippen molar-refractivity contribution in [3.63, 3.8) is 0 Å². The molecule has 0 bridgehead atoms. The Hall–Kier alpha value is -0.990. The van der Waals surface area contributed by atoms with Gasteiger partial charge in [-0.25, -0.2) is 0 Å². The van der Waals surface area contributed by atoms with Crippen LogP contribution >= 0.6 is 0 Å². The van der Waals surface area contributed by atoms with Gasteiger partial charge in [-0.15, -0.1) is 0 Å². The van der Waals surface area contributed by atoms with E-state index in [1.807, 2.05) is 0 Å². The van der Waals surface area contributed by atoms with Crippen LogP contribution in [-0.4, -0.2) is 9.78 Å². The van der Waals surface area contributed by atoms with Crippen molar-refractivity contribution >= 4 is 0 Å². The molecular weight excluding hydrogens is 224 g/mol. The number of unbranched alkanes of at least 4 members (excludes halogenated alkanes) is 1. The predicted octanol–water partition coefficient (Wildman–Crippen LogP) is 3.47. The van der Waals surface area contributed by atoms with Crippen LogP contribution < -0.4 is 5.56 Å². The summed E-state index contributed by atoms with van der Waals surface area (Å²) in [6.45, 7) is 13.9. The Morgan fingerprint density at radius 3 is 2.33 bits per heavy atom. The highest BCUT2D eigenvalue weighted by Gasteiger charge is 2.25. The first-order valence-corrected chi connectivity index (χ1v) is 7.09. The van der Waals surface area contributed by atoms with Gasteiger partial charge < -0.3 is 0 Å². The lowest BCUT2D eigenvalue weighted by Gasteiger charge is -2.23. The lowest BCUT2D eigenvalue weighted by atomic mass is 9.87. The van der Waals surface area contributed by atoms with E-state index in [0.29, 0.717) is 5.92 Å². The largest absolute Gasteiger partial charge is 0.288 e. The minimum absolute atomic E-state index is 0.0110. The van der Waals surface area contributed by atoms with E-state index in [-0.39, 0.29) is 11.0 Å². The molecule has 104 valence electrons. The summed E-state index contributed by atoms with van der Waals surface area (Å²) in [5.41, 5.74) is 2.30. The molecule has 0 fully saturated rings. The molecular formula is C15H28N2O. The zero-order valence-corrected chi connectivity index (χ0v) is 12.8. The van der Waals surface area contributed by atoms with Crippen molar-refractivity contribution in [1.29, 1.82) is 0 Å². The second-order valence-electron chi connectivity index (χ2n) is 6.63. The molecule has 1 aromatic heterocycles. The quantitative estimate of drug-likeness (QED) is 0.856. The van der Waals surface area contributed by atoms with Gasteiger partial charge in [0, 0.05) is 23.2 Å². The molecule has 0 radical (unpaired) electrons. The molecule has 1 rings (SSSR count). The van der Waals surface area contributed by atoms with Gasteiger partial charge >= 0.3 is 0 Å². The molecule has 3 nitrogen and oxygen atoms in total. The average Bonchev–Trinajstić information content (AvgIpc) is 2.50. The van der Waals surface area contributed by atoms with Gasteiger partial charge in [-0.3, -0.25) is 14.6 Å². The Labute approximate surface area is 111 Å². The number of nitrogens with zero attached hydrogens (tertiary/aromatic N) is 1. The maximum absolute atomic E-state index is 12.1. The Balaban J connectivity index is 3.24. The minimum Gasteiger partial charge on any atom is -0.288 e. The van der Waals surface area contributed by atoms with Crippen LogP contribution in [0.1, 0.15) is 65.6 Å². The zero-order chi connectivity index (χ0) is 13.9. The summed E-state index contributed by atoms with van der Waals surface area (Å²) in [5.74, 6) is 0.535. The summed E-state index contributed by atoms with van der Waals surface area (Å²) in [6.07, 6.45) is 3.10. The van der Waals surface area contributed by atoms with Crippen molar-refractivity contribution in [2.75, 3.05) is 0 Å². The number of hydrogen-bond acceptors (Lipinski definition) is 1. The molecule has 3 heteroatoms. The second-order valence-corrected chi connectivity index (χ2v) is 6.63.